The van der Waals surface area contributed by atoms with Gasteiger partial charge in [-0.1, -0.05) is 42.5 Å². The molecule has 0 radical (unpaired) electrons. The lowest BCUT2D eigenvalue weighted by Gasteiger charge is -2.15. The first-order chi connectivity index (χ1) is 9.04. The van der Waals surface area contributed by atoms with Gasteiger partial charge in [0.15, 0.2) is 0 Å². The van der Waals surface area contributed by atoms with Crippen molar-refractivity contribution in [2.75, 3.05) is 7.11 Å². The minimum atomic E-state index is -0.945. The molecule has 0 aliphatic carbocycles. The van der Waals surface area contributed by atoms with Crippen LogP contribution < -0.4 is 5.32 Å². The van der Waals surface area contributed by atoms with E-state index in [4.69, 9.17) is 0 Å². The maximum absolute atomic E-state index is 11.2. The van der Waals surface area contributed by atoms with Gasteiger partial charge < -0.3 is 10.1 Å². The molecule has 0 aliphatic rings. The van der Waals surface area contributed by atoms with E-state index in [0.717, 1.165) is 5.56 Å². The minimum Gasteiger partial charge on any atom is -0.453 e. The Morgan fingerprint density at radius 2 is 2.05 bits per heavy atom. The van der Waals surface area contributed by atoms with Gasteiger partial charge in [-0.05, 0) is 5.56 Å². The van der Waals surface area contributed by atoms with Gasteiger partial charge in [0.25, 0.3) is 0 Å². The summed E-state index contributed by atoms with van der Waals surface area (Å²) in [5, 5.41) is 13.2. The topological polar surface area (TPSA) is 81.5 Å². The molecule has 19 heavy (non-hydrogen) atoms. The number of carbonyl (C=O) groups is 1. The predicted molar refractivity (Wildman–Crippen MR) is 71.3 cm³/mol. The van der Waals surface area contributed by atoms with Crippen molar-refractivity contribution in [3.8, 4) is 0 Å². The fourth-order valence-corrected chi connectivity index (χ4v) is 1.43. The summed E-state index contributed by atoms with van der Waals surface area (Å²) in [5.41, 5.74) is 0.898. The summed E-state index contributed by atoms with van der Waals surface area (Å²) in [6, 6.07) is 7.65. The van der Waals surface area contributed by atoms with Gasteiger partial charge >= 0.3 is 6.09 Å². The van der Waals surface area contributed by atoms with Gasteiger partial charge in [0.05, 0.1) is 7.11 Å². The summed E-state index contributed by atoms with van der Waals surface area (Å²) in [6.45, 7) is 1.43. The Kier molecular flexibility index (Phi) is 5.53. The minimum absolute atomic E-state index is 0.448. The van der Waals surface area contributed by atoms with Crippen LogP contribution >= 0.6 is 0 Å². The van der Waals surface area contributed by atoms with Gasteiger partial charge in [-0.15, -0.1) is 0 Å². The zero-order valence-electron chi connectivity index (χ0n) is 10.8. The van der Waals surface area contributed by atoms with Gasteiger partial charge in [0.2, 0.25) is 6.04 Å². The summed E-state index contributed by atoms with van der Waals surface area (Å²) in [5.74, 6) is 0. The molecule has 102 valence electrons. The zero-order valence-corrected chi connectivity index (χ0v) is 10.8. The Bertz CT molecular complexity index is 459. The highest BCUT2D eigenvalue weighted by molar-refractivity contribution is 5.68. The highest BCUT2D eigenvalue weighted by Gasteiger charge is 2.25. The number of ether oxygens (including phenoxy) is 1. The smallest absolute Gasteiger partial charge is 0.407 e. The fraction of sp³-hybridized carbons (Fsp3) is 0.308. The third kappa shape index (κ3) is 4.79. The molecule has 0 spiro atoms. The van der Waals surface area contributed by atoms with Crippen molar-refractivity contribution in [2.24, 2.45) is 0 Å². The van der Waals surface area contributed by atoms with E-state index in [1.807, 2.05) is 30.3 Å². The van der Waals surface area contributed by atoms with Crippen molar-refractivity contribution in [2.45, 2.75) is 19.0 Å². The number of hydrogen-bond donors (Lipinski definition) is 1. The highest BCUT2D eigenvalue weighted by atomic mass is 16.6. The number of nitro groups is 1. The Morgan fingerprint density at radius 3 is 2.58 bits per heavy atom. The number of rotatable bonds is 5. The largest absolute Gasteiger partial charge is 0.453 e. The molecule has 1 amide bonds. The molecule has 1 aromatic rings. The second-order valence-electron chi connectivity index (χ2n) is 3.96. The molecule has 6 heteroatoms. The second-order valence-corrected chi connectivity index (χ2v) is 3.96. The molecule has 0 heterocycles. The van der Waals surface area contributed by atoms with E-state index in [-0.39, 0.29) is 0 Å². The average molecular weight is 264 g/mol. The number of alkyl carbamates (subject to hydrolysis) is 1. The van der Waals surface area contributed by atoms with Gasteiger partial charge in [0, 0.05) is 11.8 Å². The van der Waals surface area contributed by atoms with Crippen LogP contribution in [0, 0.1) is 10.1 Å². The number of amides is 1. The zero-order chi connectivity index (χ0) is 14.3. The number of carbonyl (C=O) groups excluding carboxylic acids is 1. The van der Waals surface area contributed by atoms with Crippen molar-refractivity contribution in [3.05, 3.63) is 52.1 Å². The summed E-state index contributed by atoms with van der Waals surface area (Å²) < 4.78 is 4.46. The van der Waals surface area contributed by atoms with Crippen LogP contribution in [0.3, 0.4) is 0 Å². The molecule has 0 saturated carbocycles. The van der Waals surface area contributed by atoms with Crippen LogP contribution in [0.2, 0.25) is 0 Å². The maximum Gasteiger partial charge on any atom is 0.407 e. The molecule has 1 N–H and O–H groups in total. The second kappa shape index (κ2) is 7.15. The standard InChI is InChI=1S/C13H16N2O4/c1-10(15(17)18)12(14-13(16)19-2)9-8-11-6-4-3-5-7-11/h3-10,12H,1-2H3,(H,14,16)/t10-,12+/m1/s1. The monoisotopic (exact) mass is 264 g/mol. The third-order valence-corrected chi connectivity index (χ3v) is 2.62. The molecule has 1 rings (SSSR count). The Morgan fingerprint density at radius 1 is 1.42 bits per heavy atom. The molecular formula is C13H16N2O4. The lowest BCUT2D eigenvalue weighted by molar-refractivity contribution is -0.520. The Balaban J connectivity index is 2.82. The highest BCUT2D eigenvalue weighted by Crippen LogP contribution is 2.06. The van der Waals surface area contributed by atoms with Crippen LogP contribution in [-0.2, 0) is 4.74 Å². The first-order valence-corrected chi connectivity index (χ1v) is 5.76. The molecule has 0 saturated heterocycles. The molecule has 6 nitrogen and oxygen atoms in total. The van der Waals surface area contributed by atoms with Crippen molar-refractivity contribution in [3.63, 3.8) is 0 Å². The molecule has 0 unspecified atom stereocenters. The summed E-state index contributed by atoms with van der Waals surface area (Å²) in [7, 11) is 1.21. The number of nitrogens with one attached hydrogen (secondary N) is 1. The van der Waals surface area contributed by atoms with Crippen LogP contribution in [0.25, 0.3) is 6.08 Å². The van der Waals surface area contributed by atoms with Crippen molar-refractivity contribution in [1.82, 2.24) is 5.32 Å². The Labute approximate surface area is 111 Å². The maximum atomic E-state index is 11.2. The average Bonchev–Trinajstić information content (AvgIpc) is 2.43. The first kappa shape index (κ1) is 14.7. The Hall–Kier alpha value is -2.37. The lowest BCUT2D eigenvalue weighted by atomic mass is 10.1. The normalized spacial score (nSPS) is 13.8. The van der Waals surface area contributed by atoms with Gasteiger partial charge in [-0.3, -0.25) is 10.1 Å². The molecule has 0 bridgehead atoms. The number of nitrogens with zero attached hydrogens (tertiary/aromatic N) is 1. The third-order valence-electron chi connectivity index (χ3n) is 2.62. The molecule has 0 fully saturated rings. The van der Waals surface area contributed by atoms with Crippen molar-refractivity contribution < 1.29 is 14.5 Å². The van der Waals surface area contributed by atoms with Gasteiger partial charge in [0.1, 0.15) is 6.04 Å². The first-order valence-electron chi connectivity index (χ1n) is 5.76. The van der Waals surface area contributed by atoms with E-state index >= 15 is 0 Å². The number of benzene rings is 1. The van der Waals surface area contributed by atoms with Crippen molar-refractivity contribution >= 4 is 12.2 Å². The van der Waals surface area contributed by atoms with Crippen LogP contribution in [0.15, 0.2) is 36.4 Å². The van der Waals surface area contributed by atoms with E-state index < -0.39 is 23.1 Å². The molecule has 0 aliphatic heterocycles. The molecule has 0 aromatic heterocycles. The van der Waals surface area contributed by atoms with E-state index in [2.05, 4.69) is 10.1 Å². The van der Waals surface area contributed by atoms with E-state index in [0.29, 0.717) is 0 Å². The molecular weight excluding hydrogens is 248 g/mol. The number of methoxy groups -OCH3 is 1. The summed E-state index contributed by atoms with van der Waals surface area (Å²) >= 11 is 0. The number of hydrogen-bond acceptors (Lipinski definition) is 4. The van der Waals surface area contributed by atoms with Crippen molar-refractivity contribution in [1.29, 1.82) is 0 Å². The van der Waals surface area contributed by atoms with Crippen LogP contribution in [0.4, 0.5) is 4.79 Å². The SMILES string of the molecule is COC(=O)N[C@@H](C=Cc1ccccc1)[C@@H](C)[N+](=O)[O-]. The van der Waals surface area contributed by atoms with E-state index in [9.17, 15) is 14.9 Å². The quantitative estimate of drug-likeness (QED) is 0.652. The summed E-state index contributed by atoms with van der Waals surface area (Å²) in [6.07, 6.45) is 2.61. The molecule has 2 atom stereocenters. The molecule has 1 aromatic carbocycles. The van der Waals surface area contributed by atoms with E-state index in [1.165, 1.54) is 14.0 Å². The van der Waals surface area contributed by atoms with Crippen LogP contribution in [-0.4, -0.2) is 30.2 Å². The fourth-order valence-electron chi connectivity index (χ4n) is 1.43. The summed E-state index contributed by atoms with van der Waals surface area (Å²) in [4.78, 5) is 21.5. The predicted octanol–water partition coefficient (Wildman–Crippen LogP) is 2.09. The van der Waals surface area contributed by atoms with Gasteiger partial charge in [-0.2, -0.15) is 0 Å². The van der Waals surface area contributed by atoms with Crippen LogP contribution in [0.5, 0.6) is 0 Å². The van der Waals surface area contributed by atoms with Crippen LogP contribution in [0.1, 0.15) is 12.5 Å². The van der Waals surface area contributed by atoms with Gasteiger partial charge in [-0.25, -0.2) is 4.79 Å². The lowest BCUT2D eigenvalue weighted by Crippen LogP contribution is -2.44. The van der Waals surface area contributed by atoms with E-state index in [1.54, 1.807) is 12.2 Å².